The van der Waals surface area contributed by atoms with Crippen LogP contribution < -0.4 is 4.74 Å². The molecule has 0 fully saturated rings. The van der Waals surface area contributed by atoms with Crippen molar-refractivity contribution in [3.05, 3.63) is 28.8 Å². The molecule has 0 N–H and O–H groups in total. The number of hydrogen-bond donors (Lipinski definition) is 0. The van der Waals surface area contributed by atoms with Crippen LogP contribution in [0.25, 0.3) is 0 Å². The minimum absolute atomic E-state index is 0.342. The van der Waals surface area contributed by atoms with Gasteiger partial charge < -0.3 is 4.74 Å². The highest BCUT2D eigenvalue weighted by atomic mass is 35.5. The van der Waals surface area contributed by atoms with Gasteiger partial charge in [0.15, 0.2) is 6.29 Å². The molecular formula is C14H16ClNO2. The summed E-state index contributed by atoms with van der Waals surface area (Å²) in [6.45, 7) is 4.25. The first-order valence-electron chi connectivity index (χ1n) is 5.78. The van der Waals surface area contributed by atoms with Crippen molar-refractivity contribution in [1.29, 1.82) is 5.26 Å². The monoisotopic (exact) mass is 265 g/mol. The largest absolute Gasteiger partial charge is 0.493 e. The number of ether oxygens (including phenoxy) is 1. The zero-order valence-electron chi connectivity index (χ0n) is 10.6. The summed E-state index contributed by atoms with van der Waals surface area (Å²) < 4.78 is 5.52. The summed E-state index contributed by atoms with van der Waals surface area (Å²) in [6, 6.07) is 7.34. The van der Waals surface area contributed by atoms with Crippen LogP contribution >= 0.6 is 11.6 Å². The molecule has 4 heteroatoms. The number of rotatable bonds is 6. The fourth-order valence-corrected chi connectivity index (χ4v) is 1.72. The van der Waals surface area contributed by atoms with Gasteiger partial charge in [-0.25, -0.2) is 0 Å². The van der Waals surface area contributed by atoms with Gasteiger partial charge in [0.05, 0.1) is 28.7 Å². The Hall–Kier alpha value is -1.53. The van der Waals surface area contributed by atoms with E-state index in [2.05, 4.69) is 6.07 Å². The lowest BCUT2D eigenvalue weighted by Gasteiger charge is -2.15. The zero-order valence-corrected chi connectivity index (χ0v) is 11.3. The molecule has 0 aliphatic carbocycles. The van der Waals surface area contributed by atoms with Gasteiger partial charge in [0.1, 0.15) is 5.75 Å². The molecule has 3 nitrogen and oxygen atoms in total. The van der Waals surface area contributed by atoms with Crippen molar-refractivity contribution in [2.24, 2.45) is 5.41 Å². The van der Waals surface area contributed by atoms with Crippen LogP contribution in [0.1, 0.15) is 37.0 Å². The second kappa shape index (κ2) is 6.42. The van der Waals surface area contributed by atoms with Gasteiger partial charge in [-0.3, -0.25) is 4.79 Å². The number of aldehydes is 1. The molecule has 1 aromatic carbocycles. The van der Waals surface area contributed by atoms with E-state index in [1.54, 1.807) is 18.2 Å². The van der Waals surface area contributed by atoms with Gasteiger partial charge in [0.25, 0.3) is 0 Å². The van der Waals surface area contributed by atoms with Crippen molar-refractivity contribution >= 4 is 17.9 Å². The molecule has 0 aromatic heterocycles. The van der Waals surface area contributed by atoms with Crippen LogP contribution in [0, 0.1) is 16.7 Å². The number of nitriles is 1. The lowest BCUT2D eigenvalue weighted by atomic mass is 9.90. The van der Waals surface area contributed by atoms with E-state index in [1.165, 1.54) is 0 Å². The van der Waals surface area contributed by atoms with Crippen LogP contribution in [0.2, 0.25) is 5.02 Å². The molecule has 0 saturated carbocycles. The summed E-state index contributed by atoms with van der Waals surface area (Å²) >= 11 is 5.88. The summed E-state index contributed by atoms with van der Waals surface area (Å²) in [6.07, 6.45) is 2.20. The van der Waals surface area contributed by atoms with E-state index in [9.17, 15) is 4.79 Å². The second-order valence-electron chi connectivity index (χ2n) is 4.72. The molecule has 0 amide bonds. The Kier molecular flexibility index (Phi) is 5.18. The fraction of sp³-hybridized carbons (Fsp3) is 0.429. The van der Waals surface area contributed by atoms with Crippen molar-refractivity contribution < 1.29 is 9.53 Å². The van der Waals surface area contributed by atoms with Crippen LogP contribution in [-0.4, -0.2) is 12.9 Å². The van der Waals surface area contributed by atoms with Crippen molar-refractivity contribution in [3.63, 3.8) is 0 Å². The van der Waals surface area contributed by atoms with E-state index >= 15 is 0 Å². The predicted octanol–water partition coefficient (Wildman–Crippen LogP) is 3.86. The summed E-state index contributed by atoms with van der Waals surface area (Å²) in [7, 11) is 0. The van der Waals surface area contributed by atoms with E-state index in [0.29, 0.717) is 29.2 Å². The molecule has 0 aliphatic rings. The first kappa shape index (κ1) is 14.5. The van der Waals surface area contributed by atoms with E-state index in [-0.39, 0.29) is 5.41 Å². The summed E-state index contributed by atoms with van der Waals surface area (Å²) in [4.78, 5) is 10.9. The Morgan fingerprint density at radius 3 is 2.83 bits per heavy atom. The maximum absolute atomic E-state index is 10.9. The Morgan fingerprint density at radius 1 is 1.50 bits per heavy atom. The summed E-state index contributed by atoms with van der Waals surface area (Å²) in [5.41, 5.74) is 0.0317. The number of halogens is 1. The number of hydrogen-bond acceptors (Lipinski definition) is 3. The Bertz CT molecular complexity index is 463. The van der Waals surface area contributed by atoms with Gasteiger partial charge in [-0.1, -0.05) is 17.7 Å². The molecule has 0 atom stereocenters. The second-order valence-corrected chi connectivity index (χ2v) is 5.12. The van der Waals surface area contributed by atoms with Crippen molar-refractivity contribution in [2.45, 2.75) is 26.7 Å². The maximum atomic E-state index is 10.9. The minimum Gasteiger partial charge on any atom is -0.493 e. The van der Waals surface area contributed by atoms with Crippen molar-refractivity contribution in [2.75, 3.05) is 6.61 Å². The standard InChI is InChI=1S/C14H16ClNO2/c1-14(2,10-16)7-4-8-18-13-6-3-5-12(15)11(13)9-17/h3,5-6,9H,4,7-8H2,1-2H3. The summed E-state index contributed by atoms with van der Waals surface area (Å²) in [5.74, 6) is 0.493. The highest BCUT2D eigenvalue weighted by Crippen LogP contribution is 2.25. The Balaban J connectivity index is 2.53. The van der Waals surface area contributed by atoms with Gasteiger partial charge in [-0.15, -0.1) is 0 Å². The Labute approximate surface area is 112 Å². The van der Waals surface area contributed by atoms with E-state index in [1.807, 2.05) is 13.8 Å². The number of carbonyl (C=O) groups is 1. The SMILES string of the molecule is CC(C)(C#N)CCCOc1cccc(Cl)c1C=O. The normalized spacial score (nSPS) is 10.8. The molecule has 1 aromatic rings. The number of benzene rings is 1. The van der Waals surface area contributed by atoms with E-state index in [0.717, 1.165) is 12.8 Å². The van der Waals surface area contributed by atoms with Gasteiger partial charge in [0, 0.05) is 0 Å². The van der Waals surface area contributed by atoms with Gasteiger partial charge in [-0.2, -0.15) is 5.26 Å². The molecule has 0 spiro atoms. The average molecular weight is 266 g/mol. The number of nitrogens with zero attached hydrogens (tertiary/aromatic N) is 1. The lowest BCUT2D eigenvalue weighted by Crippen LogP contribution is -2.10. The van der Waals surface area contributed by atoms with Crippen molar-refractivity contribution in [3.8, 4) is 11.8 Å². The zero-order chi connectivity index (χ0) is 13.6. The topological polar surface area (TPSA) is 50.1 Å². The molecular weight excluding hydrogens is 250 g/mol. The summed E-state index contributed by atoms with van der Waals surface area (Å²) in [5, 5.41) is 9.26. The molecule has 0 aliphatic heterocycles. The average Bonchev–Trinajstić information content (AvgIpc) is 2.35. The quantitative estimate of drug-likeness (QED) is 0.580. The first-order valence-corrected chi connectivity index (χ1v) is 6.16. The maximum Gasteiger partial charge on any atom is 0.155 e. The highest BCUT2D eigenvalue weighted by molar-refractivity contribution is 6.33. The van der Waals surface area contributed by atoms with Crippen LogP contribution in [-0.2, 0) is 0 Å². The lowest BCUT2D eigenvalue weighted by molar-refractivity contribution is 0.111. The third-order valence-corrected chi connectivity index (χ3v) is 2.97. The molecule has 0 bridgehead atoms. The molecule has 18 heavy (non-hydrogen) atoms. The first-order chi connectivity index (χ1) is 8.50. The third kappa shape index (κ3) is 4.05. The van der Waals surface area contributed by atoms with E-state index < -0.39 is 0 Å². The van der Waals surface area contributed by atoms with Gasteiger partial charge >= 0.3 is 0 Å². The van der Waals surface area contributed by atoms with E-state index in [4.69, 9.17) is 21.6 Å². The van der Waals surface area contributed by atoms with Gasteiger partial charge in [0.2, 0.25) is 0 Å². The highest BCUT2D eigenvalue weighted by Gasteiger charge is 2.16. The van der Waals surface area contributed by atoms with Crippen LogP contribution in [0.3, 0.4) is 0 Å². The number of carbonyl (C=O) groups excluding carboxylic acids is 1. The predicted molar refractivity (Wildman–Crippen MR) is 71.0 cm³/mol. The Morgan fingerprint density at radius 2 is 2.22 bits per heavy atom. The molecule has 0 saturated heterocycles. The van der Waals surface area contributed by atoms with Crippen LogP contribution in [0.15, 0.2) is 18.2 Å². The molecule has 0 radical (unpaired) electrons. The van der Waals surface area contributed by atoms with Crippen molar-refractivity contribution in [1.82, 2.24) is 0 Å². The minimum atomic E-state index is -0.342. The van der Waals surface area contributed by atoms with Gasteiger partial charge in [-0.05, 0) is 38.8 Å². The fourth-order valence-electron chi connectivity index (χ4n) is 1.51. The molecule has 96 valence electrons. The van der Waals surface area contributed by atoms with Crippen LogP contribution in [0.5, 0.6) is 5.75 Å². The molecule has 0 unspecified atom stereocenters. The smallest absolute Gasteiger partial charge is 0.155 e. The third-order valence-electron chi connectivity index (χ3n) is 2.64. The van der Waals surface area contributed by atoms with Crippen LogP contribution in [0.4, 0.5) is 0 Å². The molecule has 0 heterocycles. The molecule has 1 rings (SSSR count).